The quantitative estimate of drug-likeness (QED) is 0.363. The van der Waals surface area contributed by atoms with E-state index in [1.54, 1.807) is 0 Å². The van der Waals surface area contributed by atoms with Crippen LogP contribution in [-0.2, 0) is 16.3 Å². The minimum absolute atomic E-state index is 0. The normalized spacial score (nSPS) is 20.0. The van der Waals surface area contributed by atoms with E-state index in [4.69, 9.17) is 4.52 Å². The first kappa shape index (κ1) is 21.1. The Hall–Kier alpha value is -0.910. The molecule has 0 amide bonds. The summed E-state index contributed by atoms with van der Waals surface area (Å²) in [7, 11) is -2.90. The van der Waals surface area contributed by atoms with Gasteiger partial charge in [-0.25, -0.2) is 8.42 Å². The van der Waals surface area contributed by atoms with Gasteiger partial charge in [0.1, 0.15) is 0 Å². The van der Waals surface area contributed by atoms with Crippen LogP contribution < -0.4 is 10.6 Å². The van der Waals surface area contributed by atoms with Crippen LogP contribution in [-0.4, -0.2) is 55.2 Å². The molecule has 1 aromatic heterocycles. The highest BCUT2D eigenvalue weighted by atomic mass is 127. The van der Waals surface area contributed by atoms with E-state index in [0.29, 0.717) is 43.6 Å². The van der Waals surface area contributed by atoms with Gasteiger partial charge >= 0.3 is 0 Å². The van der Waals surface area contributed by atoms with Crippen LogP contribution in [0, 0.1) is 0 Å². The Morgan fingerprint density at radius 2 is 2.21 bits per heavy atom. The summed E-state index contributed by atoms with van der Waals surface area (Å²) in [5, 5.41) is 10.2. The van der Waals surface area contributed by atoms with Crippen molar-refractivity contribution in [1.82, 2.24) is 20.8 Å². The SMILES string of the molecule is CCNC(=NCCc1nc(C(C)C)no1)NC1CCS(=O)(=O)C1.I. The van der Waals surface area contributed by atoms with Gasteiger partial charge in [-0.05, 0) is 13.3 Å². The summed E-state index contributed by atoms with van der Waals surface area (Å²) in [4.78, 5) is 8.75. The van der Waals surface area contributed by atoms with Gasteiger partial charge in [0.2, 0.25) is 5.89 Å². The zero-order valence-electron chi connectivity index (χ0n) is 14.3. The maximum atomic E-state index is 11.5. The van der Waals surface area contributed by atoms with Gasteiger partial charge in [-0.1, -0.05) is 19.0 Å². The zero-order chi connectivity index (χ0) is 16.9. The third-order valence-electron chi connectivity index (χ3n) is 3.51. The van der Waals surface area contributed by atoms with E-state index in [-0.39, 0.29) is 47.4 Å². The molecule has 0 aliphatic carbocycles. The summed E-state index contributed by atoms with van der Waals surface area (Å²) < 4.78 is 28.2. The van der Waals surface area contributed by atoms with E-state index in [9.17, 15) is 8.42 Å². The molecule has 24 heavy (non-hydrogen) atoms. The highest BCUT2D eigenvalue weighted by molar-refractivity contribution is 14.0. The maximum Gasteiger partial charge on any atom is 0.228 e. The second-order valence-corrected chi connectivity index (χ2v) is 8.18. The van der Waals surface area contributed by atoms with Gasteiger partial charge < -0.3 is 15.2 Å². The van der Waals surface area contributed by atoms with Crippen LogP contribution in [0.25, 0.3) is 0 Å². The number of halogens is 1. The topological polar surface area (TPSA) is 109 Å². The Kier molecular flexibility index (Phi) is 8.40. The third kappa shape index (κ3) is 6.54. The van der Waals surface area contributed by atoms with E-state index in [0.717, 1.165) is 0 Å². The fraction of sp³-hybridized carbons (Fsp3) is 0.786. The molecule has 1 atom stereocenters. The minimum atomic E-state index is -2.90. The molecule has 10 heteroatoms. The van der Waals surface area contributed by atoms with Crippen LogP contribution in [0.15, 0.2) is 9.52 Å². The molecule has 2 heterocycles. The zero-order valence-corrected chi connectivity index (χ0v) is 17.4. The van der Waals surface area contributed by atoms with Crippen LogP contribution in [0.2, 0.25) is 0 Å². The van der Waals surface area contributed by atoms with Gasteiger partial charge in [0.05, 0.1) is 18.1 Å². The molecule has 1 aliphatic rings. The van der Waals surface area contributed by atoms with Crippen molar-refractivity contribution in [2.75, 3.05) is 24.6 Å². The molecule has 2 rings (SSSR count). The molecule has 0 spiro atoms. The van der Waals surface area contributed by atoms with Crippen molar-refractivity contribution in [3.63, 3.8) is 0 Å². The highest BCUT2D eigenvalue weighted by Crippen LogP contribution is 2.11. The average molecular weight is 471 g/mol. The Morgan fingerprint density at radius 1 is 1.46 bits per heavy atom. The maximum absolute atomic E-state index is 11.5. The van der Waals surface area contributed by atoms with E-state index >= 15 is 0 Å². The number of nitrogens with zero attached hydrogens (tertiary/aromatic N) is 3. The molecule has 0 radical (unpaired) electrons. The molecule has 0 bridgehead atoms. The van der Waals surface area contributed by atoms with E-state index in [2.05, 4.69) is 25.8 Å². The lowest BCUT2D eigenvalue weighted by molar-refractivity contribution is 0.372. The van der Waals surface area contributed by atoms with Gasteiger partial charge in [0.15, 0.2) is 21.6 Å². The predicted octanol–water partition coefficient (Wildman–Crippen LogP) is 1.10. The summed E-state index contributed by atoms with van der Waals surface area (Å²) in [5.74, 6) is 2.53. The molecule has 8 nitrogen and oxygen atoms in total. The molecule has 2 N–H and O–H groups in total. The van der Waals surface area contributed by atoms with Crippen molar-refractivity contribution in [2.24, 2.45) is 4.99 Å². The third-order valence-corrected chi connectivity index (χ3v) is 5.28. The smallest absolute Gasteiger partial charge is 0.228 e. The van der Waals surface area contributed by atoms with Crippen molar-refractivity contribution in [3.05, 3.63) is 11.7 Å². The Labute approximate surface area is 160 Å². The molecule has 0 aromatic carbocycles. The Morgan fingerprint density at radius 3 is 2.75 bits per heavy atom. The number of aliphatic imine (C=N–C) groups is 1. The molecule has 1 unspecified atom stereocenters. The summed E-state index contributed by atoms with van der Waals surface area (Å²) in [6, 6.07) is -0.0752. The average Bonchev–Trinajstić information content (AvgIpc) is 3.06. The molecular formula is C14H26IN5O3S. The summed E-state index contributed by atoms with van der Waals surface area (Å²) in [5.41, 5.74) is 0. The number of nitrogens with one attached hydrogen (secondary N) is 2. The molecule has 0 saturated carbocycles. The molecule has 1 aromatic rings. The van der Waals surface area contributed by atoms with Gasteiger partial charge in [0, 0.05) is 24.9 Å². The van der Waals surface area contributed by atoms with Gasteiger partial charge in [-0.2, -0.15) is 4.98 Å². The molecule has 138 valence electrons. The fourth-order valence-corrected chi connectivity index (χ4v) is 3.96. The number of rotatable bonds is 6. The van der Waals surface area contributed by atoms with Gasteiger partial charge in [-0.15, -0.1) is 24.0 Å². The first-order valence-electron chi connectivity index (χ1n) is 7.97. The second kappa shape index (κ2) is 9.54. The standard InChI is InChI=1S/C14H25N5O3S.HI/c1-4-15-14(17-11-6-8-23(20,21)9-11)16-7-5-12-18-13(10(2)3)19-22-12;/h10-11H,4-9H2,1-3H3,(H2,15,16,17);1H. The fourth-order valence-electron chi connectivity index (χ4n) is 2.29. The molecular weight excluding hydrogens is 445 g/mol. The van der Waals surface area contributed by atoms with Crippen molar-refractivity contribution >= 4 is 39.8 Å². The summed E-state index contributed by atoms with van der Waals surface area (Å²) in [6.45, 7) is 7.19. The lowest BCUT2D eigenvalue weighted by Crippen LogP contribution is -2.44. The minimum Gasteiger partial charge on any atom is -0.357 e. The number of hydrogen-bond donors (Lipinski definition) is 2. The first-order chi connectivity index (χ1) is 10.9. The molecule has 1 aliphatic heterocycles. The van der Waals surface area contributed by atoms with E-state index in [1.807, 2.05) is 20.8 Å². The predicted molar refractivity (Wildman–Crippen MR) is 104 cm³/mol. The van der Waals surface area contributed by atoms with E-state index < -0.39 is 9.84 Å². The van der Waals surface area contributed by atoms with Gasteiger partial charge in [0.25, 0.3) is 0 Å². The number of sulfone groups is 1. The van der Waals surface area contributed by atoms with Crippen molar-refractivity contribution in [1.29, 1.82) is 0 Å². The van der Waals surface area contributed by atoms with Crippen molar-refractivity contribution < 1.29 is 12.9 Å². The van der Waals surface area contributed by atoms with Crippen LogP contribution in [0.5, 0.6) is 0 Å². The largest absolute Gasteiger partial charge is 0.357 e. The van der Waals surface area contributed by atoms with Gasteiger partial charge in [-0.3, -0.25) is 4.99 Å². The number of hydrogen-bond acceptors (Lipinski definition) is 6. The van der Waals surface area contributed by atoms with E-state index in [1.165, 1.54) is 0 Å². The van der Waals surface area contributed by atoms with Crippen LogP contribution in [0.3, 0.4) is 0 Å². The monoisotopic (exact) mass is 471 g/mol. The van der Waals surface area contributed by atoms with Crippen LogP contribution in [0.1, 0.15) is 44.8 Å². The lowest BCUT2D eigenvalue weighted by atomic mass is 10.2. The number of aromatic nitrogens is 2. The summed E-state index contributed by atoms with van der Waals surface area (Å²) >= 11 is 0. The van der Waals surface area contributed by atoms with Crippen molar-refractivity contribution in [2.45, 2.75) is 45.6 Å². The lowest BCUT2D eigenvalue weighted by Gasteiger charge is -2.15. The Bertz CT molecular complexity index is 645. The molecule has 1 fully saturated rings. The summed E-state index contributed by atoms with van der Waals surface area (Å²) in [6.07, 6.45) is 1.17. The van der Waals surface area contributed by atoms with Crippen LogP contribution in [0.4, 0.5) is 0 Å². The molecule has 1 saturated heterocycles. The first-order valence-corrected chi connectivity index (χ1v) is 9.79. The van der Waals surface area contributed by atoms with Crippen molar-refractivity contribution in [3.8, 4) is 0 Å². The highest BCUT2D eigenvalue weighted by Gasteiger charge is 2.28. The number of guanidine groups is 1. The second-order valence-electron chi connectivity index (χ2n) is 5.96. The Balaban J connectivity index is 0.00000288. The van der Waals surface area contributed by atoms with Crippen LogP contribution >= 0.6 is 24.0 Å².